The predicted molar refractivity (Wildman–Crippen MR) is 102 cm³/mol. The fourth-order valence-electron chi connectivity index (χ4n) is 1.64. The highest BCUT2D eigenvalue weighted by Crippen LogP contribution is 2.17. The lowest BCUT2D eigenvalue weighted by Gasteiger charge is -2.13. The van der Waals surface area contributed by atoms with Gasteiger partial charge in [-0.05, 0) is 39.6 Å². The number of hydrogen-bond acceptors (Lipinski definition) is 11. The highest BCUT2D eigenvalue weighted by molar-refractivity contribution is 9.11. The van der Waals surface area contributed by atoms with Crippen molar-refractivity contribution < 1.29 is 19.4 Å². The van der Waals surface area contributed by atoms with Crippen molar-refractivity contribution >= 4 is 56.1 Å². The summed E-state index contributed by atoms with van der Waals surface area (Å²) in [5, 5.41) is 9.28. The SMILES string of the molecule is CN(Cc1ccccn1)c1nc(C(=O)O)ns1.COC(=O)c1nsc(Br)n1. The van der Waals surface area contributed by atoms with E-state index in [-0.39, 0.29) is 11.6 Å². The van der Waals surface area contributed by atoms with Crippen molar-refractivity contribution in [3.63, 3.8) is 0 Å². The first-order valence-electron chi connectivity index (χ1n) is 7.16. The second-order valence-electron chi connectivity index (χ2n) is 4.75. The lowest BCUT2D eigenvalue weighted by atomic mass is 10.3. The van der Waals surface area contributed by atoms with Gasteiger partial charge in [0.25, 0.3) is 11.6 Å². The number of methoxy groups -OCH3 is 1. The van der Waals surface area contributed by atoms with Crippen LogP contribution in [0.2, 0.25) is 0 Å². The first-order valence-corrected chi connectivity index (χ1v) is 9.50. The average Bonchev–Trinajstić information content (AvgIpc) is 3.32. The largest absolute Gasteiger partial charge is 0.475 e. The van der Waals surface area contributed by atoms with Gasteiger partial charge in [-0.2, -0.15) is 13.7 Å². The van der Waals surface area contributed by atoms with Gasteiger partial charge in [-0.3, -0.25) is 4.98 Å². The Balaban J connectivity index is 0.000000223. The van der Waals surface area contributed by atoms with Gasteiger partial charge in [0.05, 0.1) is 19.3 Å². The molecule has 10 nitrogen and oxygen atoms in total. The molecule has 0 spiro atoms. The zero-order valence-electron chi connectivity index (χ0n) is 14.1. The fraction of sp³-hybridized carbons (Fsp3) is 0.214. The van der Waals surface area contributed by atoms with Crippen LogP contribution in [-0.4, -0.2) is 54.9 Å². The Morgan fingerprint density at radius 1 is 1.22 bits per heavy atom. The molecule has 0 aromatic carbocycles. The smallest absolute Gasteiger partial charge is 0.377 e. The maximum Gasteiger partial charge on any atom is 0.377 e. The summed E-state index contributed by atoms with van der Waals surface area (Å²) in [7, 11) is 3.11. The Morgan fingerprint density at radius 3 is 2.48 bits per heavy atom. The number of carbonyl (C=O) groups excluding carboxylic acids is 1. The first kappa shape index (κ1) is 20.8. The van der Waals surface area contributed by atoms with E-state index < -0.39 is 11.9 Å². The summed E-state index contributed by atoms with van der Waals surface area (Å²) >= 11 is 5.23. The summed E-state index contributed by atoms with van der Waals surface area (Å²) in [5.74, 6) is -1.70. The highest BCUT2D eigenvalue weighted by Gasteiger charge is 2.14. The molecule has 1 N–H and O–H groups in total. The van der Waals surface area contributed by atoms with Crippen LogP contribution in [0.1, 0.15) is 26.9 Å². The van der Waals surface area contributed by atoms with E-state index in [1.807, 2.05) is 30.1 Å². The molecule has 0 aliphatic heterocycles. The van der Waals surface area contributed by atoms with Crippen LogP contribution in [0.3, 0.4) is 0 Å². The number of anilines is 1. The van der Waals surface area contributed by atoms with E-state index in [1.54, 1.807) is 6.20 Å². The van der Waals surface area contributed by atoms with Crippen LogP contribution in [0, 0.1) is 0 Å². The van der Waals surface area contributed by atoms with E-state index in [1.165, 1.54) is 7.11 Å². The molecule has 0 fully saturated rings. The Hall–Kier alpha value is -2.51. The number of halogens is 1. The number of esters is 1. The Bertz CT molecular complexity index is 904. The quantitative estimate of drug-likeness (QED) is 0.551. The van der Waals surface area contributed by atoms with Gasteiger partial charge in [0.15, 0.2) is 3.92 Å². The van der Waals surface area contributed by atoms with Crippen LogP contribution in [-0.2, 0) is 11.3 Å². The standard InChI is InChI=1S/C10H10N4O2S.C4H3BrN2O2S/c1-14(6-7-4-2-3-5-11-7)10-12-8(9(15)16)13-17-10;1-9-3(8)2-6-4(5)10-7-2/h2-5H,6H2,1H3,(H,15,16);1H3. The molecule has 0 aliphatic carbocycles. The molecule has 27 heavy (non-hydrogen) atoms. The minimum Gasteiger partial charge on any atom is -0.475 e. The molecule has 3 rings (SSSR count). The summed E-state index contributed by atoms with van der Waals surface area (Å²) in [4.78, 5) is 35.0. The average molecular weight is 473 g/mol. The van der Waals surface area contributed by atoms with Crippen molar-refractivity contribution in [3.05, 3.63) is 45.7 Å². The number of carboxylic acid groups (broad SMARTS) is 1. The lowest BCUT2D eigenvalue weighted by Crippen LogP contribution is -2.17. The summed E-state index contributed by atoms with van der Waals surface area (Å²) in [6, 6.07) is 5.64. The number of ether oxygens (including phenoxy) is 1. The van der Waals surface area contributed by atoms with Gasteiger partial charge in [-0.1, -0.05) is 6.07 Å². The van der Waals surface area contributed by atoms with E-state index in [0.717, 1.165) is 28.8 Å². The zero-order chi connectivity index (χ0) is 19.8. The van der Waals surface area contributed by atoms with Crippen molar-refractivity contribution in [1.82, 2.24) is 23.7 Å². The Labute approximate surface area is 170 Å². The van der Waals surface area contributed by atoms with Crippen molar-refractivity contribution in [1.29, 1.82) is 0 Å². The monoisotopic (exact) mass is 472 g/mol. The summed E-state index contributed by atoms with van der Waals surface area (Å²) in [5.41, 5.74) is 0.891. The molecule has 13 heteroatoms. The third-order valence-electron chi connectivity index (χ3n) is 2.83. The molecule has 0 unspecified atom stereocenters. The topological polar surface area (TPSA) is 131 Å². The number of hydrogen-bond donors (Lipinski definition) is 1. The number of pyridine rings is 1. The molecule has 0 radical (unpaired) electrons. The summed E-state index contributed by atoms with van der Waals surface area (Å²) < 4.78 is 12.4. The molecule has 0 saturated heterocycles. The fourth-order valence-corrected chi connectivity index (χ4v) is 3.05. The van der Waals surface area contributed by atoms with Crippen LogP contribution in [0.15, 0.2) is 28.3 Å². The van der Waals surface area contributed by atoms with E-state index in [2.05, 4.69) is 44.4 Å². The van der Waals surface area contributed by atoms with Crippen LogP contribution in [0.4, 0.5) is 5.13 Å². The Kier molecular flexibility index (Phi) is 7.69. The Morgan fingerprint density at radius 2 is 1.96 bits per heavy atom. The number of carboxylic acids is 1. The van der Waals surface area contributed by atoms with Gasteiger partial charge >= 0.3 is 11.9 Å². The zero-order valence-corrected chi connectivity index (χ0v) is 17.3. The molecular formula is C14H13BrN6O4S2. The predicted octanol–water partition coefficient (Wildman–Crippen LogP) is 2.35. The van der Waals surface area contributed by atoms with Crippen molar-refractivity contribution in [2.45, 2.75) is 6.54 Å². The van der Waals surface area contributed by atoms with Crippen LogP contribution < -0.4 is 4.90 Å². The lowest BCUT2D eigenvalue weighted by molar-refractivity contribution is 0.0587. The first-order chi connectivity index (χ1) is 12.9. The van der Waals surface area contributed by atoms with Gasteiger partial charge < -0.3 is 14.7 Å². The molecule has 3 heterocycles. The molecule has 0 amide bonds. The maximum atomic E-state index is 10.7. The molecule has 0 aliphatic rings. The minimum absolute atomic E-state index is 0.0966. The molecule has 3 aromatic heterocycles. The van der Waals surface area contributed by atoms with E-state index >= 15 is 0 Å². The van der Waals surface area contributed by atoms with E-state index in [0.29, 0.717) is 15.6 Å². The van der Waals surface area contributed by atoms with Crippen molar-refractivity contribution in [2.24, 2.45) is 0 Å². The maximum absolute atomic E-state index is 10.7. The molecule has 0 saturated carbocycles. The number of aromatic carboxylic acids is 1. The third kappa shape index (κ3) is 6.30. The van der Waals surface area contributed by atoms with Crippen LogP contribution in [0.5, 0.6) is 0 Å². The van der Waals surface area contributed by atoms with Gasteiger partial charge in [0.1, 0.15) is 0 Å². The highest BCUT2D eigenvalue weighted by atomic mass is 79.9. The second-order valence-corrected chi connectivity index (χ2v) is 7.50. The minimum atomic E-state index is -1.11. The van der Waals surface area contributed by atoms with Gasteiger partial charge in [-0.15, -0.1) is 0 Å². The number of nitrogens with zero attached hydrogens (tertiary/aromatic N) is 6. The number of rotatable bonds is 5. The van der Waals surface area contributed by atoms with Gasteiger partial charge in [0.2, 0.25) is 5.13 Å². The number of carbonyl (C=O) groups is 2. The van der Waals surface area contributed by atoms with Crippen LogP contribution >= 0.6 is 39.0 Å². The third-order valence-corrected chi connectivity index (χ3v) is 4.78. The van der Waals surface area contributed by atoms with Gasteiger partial charge in [-0.25, -0.2) is 14.6 Å². The van der Waals surface area contributed by atoms with E-state index in [9.17, 15) is 9.59 Å². The second kappa shape index (κ2) is 9.99. The molecular weight excluding hydrogens is 460 g/mol. The van der Waals surface area contributed by atoms with Crippen molar-refractivity contribution in [2.75, 3.05) is 19.1 Å². The molecule has 3 aromatic rings. The molecule has 142 valence electrons. The van der Waals surface area contributed by atoms with Gasteiger partial charge in [0, 0.05) is 24.8 Å². The van der Waals surface area contributed by atoms with Crippen molar-refractivity contribution in [3.8, 4) is 0 Å². The summed E-state index contributed by atoms with van der Waals surface area (Å²) in [6.45, 7) is 0.565. The normalized spacial score (nSPS) is 9.89. The van der Waals surface area contributed by atoms with Crippen LogP contribution in [0.25, 0.3) is 0 Å². The number of aromatic nitrogens is 5. The summed E-state index contributed by atoms with van der Waals surface area (Å²) in [6.07, 6.45) is 1.71. The molecule has 0 atom stereocenters. The molecule has 0 bridgehead atoms. The van der Waals surface area contributed by atoms with E-state index in [4.69, 9.17) is 5.11 Å².